The van der Waals surface area contributed by atoms with Crippen LogP contribution in [-0.2, 0) is 0 Å². The molecule has 1 aliphatic rings. The van der Waals surface area contributed by atoms with Gasteiger partial charge in [0, 0.05) is 18.0 Å². The summed E-state index contributed by atoms with van der Waals surface area (Å²) in [5.74, 6) is 0.525. The molecule has 2 rings (SSSR count). The predicted molar refractivity (Wildman–Crippen MR) is 75.8 cm³/mol. The minimum atomic E-state index is -0.116. The summed E-state index contributed by atoms with van der Waals surface area (Å²) in [5, 5.41) is 3.78. The first-order valence-corrected chi connectivity index (χ1v) is 7.15. The van der Waals surface area contributed by atoms with E-state index in [-0.39, 0.29) is 11.3 Å². The highest BCUT2D eigenvalue weighted by molar-refractivity contribution is 6.42. The highest BCUT2D eigenvalue weighted by atomic mass is 35.5. The molecular weight excluding hydrogens is 293 g/mol. The molecule has 0 spiro atoms. The summed E-state index contributed by atoms with van der Waals surface area (Å²) >= 11 is 17.4. The van der Waals surface area contributed by atoms with Crippen LogP contribution in [0.4, 0.5) is 0 Å². The van der Waals surface area contributed by atoms with Crippen molar-refractivity contribution in [3.63, 3.8) is 0 Å². The number of nitrogens with one attached hydrogen (secondary N) is 1. The van der Waals surface area contributed by atoms with E-state index in [0.717, 1.165) is 19.3 Å². The maximum atomic E-state index is 11.9. The zero-order chi connectivity index (χ0) is 13.2. The van der Waals surface area contributed by atoms with E-state index in [9.17, 15) is 4.79 Å². The van der Waals surface area contributed by atoms with Crippen LogP contribution in [-0.4, -0.2) is 18.3 Å². The van der Waals surface area contributed by atoms with Crippen LogP contribution in [0.2, 0.25) is 10.0 Å². The third kappa shape index (κ3) is 3.31. The Kier molecular flexibility index (Phi) is 4.41. The lowest BCUT2D eigenvalue weighted by Crippen LogP contribution is -2.30. The molecule has 0 aromatic heterocycles. The van der Waals surface area contributed by atoms with Gasteiger partial charge in [0.1, 0.15) is 0 Å². The number of benzene rings is 1. The average Bonchev–Trinajstić information content (AvgIpc) is 3.11. The molecular formula is C13H14Cl3NO. The number of hydrogen-bond donors (Lipinski definition) is 1. The fourth-order valence-corrected chi connectivity index (χ4v) is 2.60. The summed E-state index contributed by atoms with van der Waals surface area (Å²) < 4.78 is 0. The monoisotopic (exact) mass is 305 g/mol. The Morgan fingerprint density at radius 3 is 2.56 bits per heavy atom. The van der Waals surface area contributed by atoms with Gasteiger partial charge in [-0.25, -0.2) is 0 Å². The second-order valence-corrected chi connectivity index (χ2v) is 5.94. The smallest absolute Gasteiger partial charge is 0.251 e. The van der Waals surface area contributed by atoms with Crippen molar-refractivity contribution in [3.05, 3.63) is 33.8 Å². The number of hydrogen-bond acceptors (Lipinski definition) is 1. The molecule has 0 atom stereocenters. The standard InChI is InChI=1S/C13H14Cl3NO/c14-6-5-13(3-4-13)8-17-12(18)9-1-2-10(15)11(16)7-9/h1-2,7H,3-6,8H2,(H,17,18). The highest BCUT2D eigenvalue weighted by Crippen LogP contribution is 2.48. The van der Waals surface area contributed by atoms with E-state index >= 15 is 0 Å². The van der Waals surface area contributed by atoms with E-state index in [2.05, 4.69) is 5.32 Å². The van der Waals surface area contributed by atoms with Gasteiger partial charge < -0.3 is 5.32 Å². The van der Waals surface area contributed by atoms with Crippen LogP contribution in [0.25, 0.3) is 0 Å². The first kappa shape index (κ1) is 14.0. The van der Waals surface area contributed by atoms with Crippen molar-refractivity contribution in [2.75, 3.05) is 12.4 Å². The summed E-state index contributed by atoms with van der Waals surface area (Å²) in [5.41, 5.74) is 0.763. The predicted octanol–water partition coefficient (Wildman–Crippen LogP) is 4.13. The SMILES string of the molecule is O=C(NCC1(CCCl)CC1)c1ccc(Cl)c(Cl)c1. The minimum absolute atomic E-state index is 0.116. The zero-order valence-electron chi connectivity index (χ0n) is 9.81. The minimum Gasteiger partial charge on any atom is -0.351 e. The molecule has 18 heavy (non-hydrogen) atoms. The Balaban J connectivity index is 1.93. The zero-order valence-corrected chi connectivity index (χ0v) is 12.1. The lowest BCUT2D eigenvalue weighted by molar-refractivity contribution is 0.0944. The van der Waals surface area contributed by atoms with Crippen LogP contribution in [0, 0.1) is 5.41 Å². The van der Waals surface area contributed by atoms with Crippen molar-refractivity contribution in [1.29, 1.82) is 0 Å². The van der Waals surface area contributed by atoms with E-state index in [1.165, 1.54) is 0 Å². The summed E-state index contributed by atoms with van der Waals surface area (Å²) in [6.07, 6.45) is 3.24. The van der Waals surface area contributed by atoms with Crippen molar-refractivity contribution in [1.82, 2.24) is 5.32 Å². The van der Waals surface area contributed by atoms with Crippen LogP contribution in [0.15, 0.2) is 18.2 Å². The van der Waals surface area contributed by atoms with Crippen LogP contribution in [0.5, 0.6) is 0 Å². The summed E-state index contributed by atoms with van der Waals surface area (Å²) in [7, 11) is 0. The van der Waals surface area contributed by atoms with E-state index in [1.807, 2.05) is 0 Å². The first-order chi connectivity index (χ1) is 8.56. The van der Waals surface area contributed by atoms with E-state index in [1.54, 1.807) is 18.2 Å². The maximum Gasteiger partial charge on any atom is 0.251 e. The second-order valence-electron chi connectivity index (χ2n) is 4.75. The summed E-state index contributed by atoms with van der Waals surface area (Å²) in [6.45, 7) is 0.679. The molecule has 0 saturated heterocycles. The third-order valence-corrected chi connectivity index (χ3v) is 4.32. The second kappa shape index (κ2) is 5.68. The normalized spacial score (nSPS) is 16.4. The molecule has 1 aromatic rings. The van der Waals surface area contributed by atoms with Gasteiger partial charge in [-0.2, -0.15) is 0 Å². The number of rotatable bonds is 5. The fraction of sp³-hybridized carbons (Fsp3) is 0.462. The Morgan fingerprint density at radius 2 is 2.00 bits per heavy atom. The molecule has 0 heterocycles. The van der Waals surface area contributed by atoms with Gasteiger partial charge in [0.15, 0.2) is 0 Å². The van der Waals surface area contributed by atoms with Crippen LogP contribution < -0.4 is 5.32 Å². The Morgan fingerprint density at radius 1 is 1.28 bits per heavy atom. The van der Waals surface area contributed by atoms with Gasteiger partial charge in [-0.3, -0.25) is 4.79 Å². The Labute approximate surface area is 122 Å². The molecule has 1 N–H and O–H groups in total. The van der Waals surface area contributed by atoms with Gasteiger partial charge in [-0.05, 0) is 42.9 Å². The van der Waals surface area contributed by atoms with E-state index in [4.69, 9.17) is 34.8 Å². The molecule has 1 fully saturated rings. The molecule has 2 nitrogen and oxygen atoms in total. The number of amides is 1. The number of alkyl halides is 1. The molecule has 98 valence electrons. The Bertz CT molecular complexity index is 458. The summed E-state index contributed by atoms with van der Waals surface area (Å²) in [6, 6.07) is 4.88. The van der Waals surface area contributed by atoms with Gasteiger partial charge >= 0.3 is 0 Å². The van der Waals surface area contributed by atoms with E-state index in [0.29, 0.717) is 28.0 Å². The third-order valence-electron chi connectivity index (χ3n) is 3.39. The molecule has 0 unspecified atom stereocenters. The number of carbonyl (C=O) groups is 1. The maximum absolute atomic E-state index is 11.9. The number of halogens is 3. The molecule has 0 radical (unpaired) electrons. The topological polar surface area (TPSA) is 29.1 Å². The van der Waals surface area contributed by atoms with E-state index < -0.39 is 0 Å². The molecule has 1 aromatic carbocycles. The van der Waals surface area contributed by atoms with Gasteiger partial charge in [-0.1, -0.05) is 23.2 Å². The first-order valence-electron chi connectivity index (χ1n) is 5.86. The highest BCUT2D eigenvalue weighted by Gasteiger charge is 2.41. The largest absolute Gasteiger partial charge is 0.351 e. The van der Waals surface area contributed by atoms with Crippen LogP contribution in [0.1, 0.15) is 29.6 Å². The van der Waals surface area contributed by atoms with Gasteiger partial charge in [-0.15, -0.1) is 11.6 Å². The molecule has 0 bridgehead atoms. The van der Waals surface area contributed by atoms with Gasteiger partial charge in [0.25, 0.3) is 5.91 Å². The van der Waals surface area contributed by atoms with Crippen LogP contribution in [0.3, 0.4) is 0 Å². The quantitative estimate of drug-likeness (QED) is 0.814. The summed E-state index contributed by atoms with van der Waals surface area (Å²) in [4.78, 5) is 11.9. The van der Waals surface area contributed by atoms with Gasteiger partial charge in [0.05, 0.1) is 10.0 Å². The molecule has 1 saturated carbocycles. The Hall–Kier alpha value is -0.440. The number of carbonyl (C=O) groups excluding carboxylic acids is 1. The van der Waals surface area contributed by atoms with Crippen molar-refractivity contribution in [3.8, 4) is 0 Å². The van der Waals surface area contributed by atoms with Crippen molar-refractivity contribution in [2.24, 2.45) is 5.41 Å². The van der Waals surface area contributed by atoms with Crippen LogP contribution >= 0.6 is 34.8 Å². The lowest BCUT2D eigenvalue weighted by atomic mass is 10.0. The molecule has 1 amide bonds. The molecule has 1 aliphatic carbocycles. The van der Waals surface area contributed by atoms with Crippen molar-refractivity contribution < 1.29 is 4.79 Å². The van der Waals surface area contributed by atoms with Crippen molar-refractivity contribution >= 4 is 40.7 Å². The average molecular weight is 307 g/mol. The molecule has 5 heteroatoms. The molecule has 0 aliphatic heterocycles. The lowest BCUT2D eigenvalue weighted by Gasteiger charge is -2.14. The van der Waals surface area contributed by atoms with Crippen molar-refractivity contribution in [2.45, 2.75) is 19.3 Å². The van der Waals surface area contributed by atoms with Gasteiger partial charge in [0.2, 0.25) is 0 Å². The fourth-order valence-electron chi connectivity index (χ4n) is 1.90.